The average Bonchev–Trinajstić information content (AvgIpc) is 2.95. The lowest BCUT2D eigenvalue weighted by Gasteiger charge is -2.21. The molecule has 0 atom stereocenters. The van der Waals surface area contributed by atoms with Crippen LogP contribution in [0.4, 0.5) is 5.82 Å². The number of aliphatic carboxylic acids is 1. The summed E-state index contributed by atoms with van der Waals surface area (Å²) in [6.07, 6.45) is 5.00. The van der Waals surface area contributed by atoms with Crippen molar-refractivity contribution in [3.05, 3.63) is 53.7 Å². The normalized spacial score (nSPS) is 12.8. The predicted molar refractivity (Wildman–Crippen MR) is 127 cm³/mol. The number of carboxylic acid groups (broad SMARTS) is 1. The number of carbonyl (C=O) groups is 2. The molecule has 1 amide bonds. The Bertz CT molecular complexity index is 856. The Kier molecular flexibility index (Phi) is 11.7. The first kappa shape index (κ1) is 26.1. The predicted octanol–water partition coefficient (Wildman–Crippen LogP) is 3.75. The molecule has 0 aliphatic carbocycles. The molecule has 8 nitrogen and oxygen atoms in total. The molecule has 1 aromatic carbocycles. The maximum absolute atomic E-state index is 12.4. The third-order valence-corrected chi connectivity index (χ3v) is 4.91. The van der Waals surface area contributed by atoms with Crippen LogP contribution in [0, 0.1) is 0 Å². The summed E-state index contributed by atoms with van der Waals surface area (Å²) in [5, 5.41) is 10.7. The second-order valence-electron chi connectivity index (χ2n) is 7.72. The summed E-state index contributed by atoms with van der Waals surface area (Å²) in [5.74, 6) is 1.10. The number of aromatic nitrogens is 1. The van der Waals surface area contributed by atoms with Gasteiger partial charge in [-0.2, -0.15) is 0 Å². The van der Waals surface area contributed by atoms with Gasteiger partial charge in [0.05, 0.1) is 13.2 Å². The van der Waals surface area contributed by atoms with Crippen molar-refractivity contribution in [2.45, 2.75) is 46.1 Å². The number of ether oxygens (including phenoxy) is 2. The Labute approximate surface area is 195 Å². The molecule has 0 fully saturated rings. The van der Waals surface area contributed by atoms with Crippen molar-refractivity contribution >= 4 is 17.7 Å². The molecule has 0 bridgehead atoms. The molecule has 2 heterocycles. The van der Waals surface area contributed by atoms with Crippen LogP contribution in [0.5, 0.6) is 5.75 Å². The molecule has 0 saturated heterocycles. The molecule has 0 unspecified atom stereocenters. The fraction of sp³-hybridized carbons (Fsp3) is 0.480. The van der Waals surface area contributed by atoms with E-state index in [1.807, 2.05) is 29.2 Å². The zero-order valence-electron chi connectivity index (χ0n) is 19.6. The van der Waals surface area contributed by atoms with Crippen molar-refractivity contribution in [1.29, 1.82) is 0 Å². The van der Waals surface area contributed by atoms with Crippen molar-refractivity contribution in [2.24, 2.45) is 0 Å². The minimum Gasteiger partial charge on any atom is -0.494 e. The second kappa shape index (κ2) is 14.8. The van der Waals surface area contributed by atoms with Crippen LogP contribution in [0.2, 0.25) is 0 Å². The first-order valence-corrected chi connectivity index (χ1v) is 11.4. The largest absolute Gasteiger partial charge is 0.494 e. The third kappa shape index (κ3) is 10.4. The quantitative estimate of drug-likeness (QED) is 0.496. The first-order valence-electron chi connectivity index (χ1n) is 11.4. The van der Waals surface area contributed by atoms with E-state index in [1.54, 1.807) is 6.20 Å². The zero-order chi connectivity index (χ0) is 23.9. The zero-order valence-corrected chi connectivity index (χ0v) is 19.6. The lowest BCUT2D eigenvalue weighted by molar-refractivity contribution is -0.134. The van der Waals surface area contributed by atoms with E-state index in [4.69, 9.17) is 19.4 Å². The highest BCUT2D eigenvalue weighted by Gasteiger charge is 2.20. The smallest absolute Gasteiger partial charge is 0.300 e. The fourth-order valence-electron chi connectivity index (χ4n) is 3.35. The van der Waals surface area contributed by atoms with Gasteiger partial charge in [0, 0.05) is 45.8 Å². The van der Waals surface area contributed by atoms with Crippen LogP contribution in [-0.4, -0.2) is 59.8 Å². The van der Waals surface area contributed by atoms with Crippen LogP contribution in [0.1, 0.15) is 44.2 Å². The third-order valence-electron chi connectivity index (χ3n) is 4.91. The number of anilines is 1. The molecule has 180 valence electrons. The van der Waals surface area contributed by atoms with Gasteiger partial charge in [0.15, 0.2) is 0 Å². The number of rotatable bonds is 11. The maximum atomic E-state index is 12.4. The topological polar surface area (TPSA) is 101 Å². The molecular weight excluding hydrogens is 422 g/mol. The van der Waals surface area contributed by atoms with Crippen molar-refractivity contribution < 1.29 is 24.2 Å². The summed E-state index contributed by atoms with van der Waals surface area (Å²) in [7, 11) is 0. The Morgan fingerprint density at radius 2 is 1.97 bits per heavy atom. The van der Waals surface area contributed by atoms with E-state index in [0.717, 1.165) is 50.9 Å². The lowest BCUT2D eigenvalue weighted by Crippen LogP contribution is -2.32. The number of nitrogens with one attached hydrogen (secondary N) is 1. The van der Waals surface area contributed by atoms with E-state index in [1.165, 1.54) is 11.1 Å². The Balaban J connectivity index is 0.000000890. The van der Waals surface area contributed by atoms with Crippen LogP contribution in [0.25, 0.3) is 0 Å². The molecule has 1 aliphatic rings. The van der Waals surface area contributed by atoms with Gasteiger partial charge in [0.25, 0.3) is 5.97 Å². The van der Waals surface area contributed by atoms with Gasteiger partial charge in [-0.25, -0.2) is 4.98 Å². The second-order valence-corrected chi connectivity index (χ2v) is 7.72. The number of pyridine rings is 1. The van der Waals surface area contributed by atoms with Gasteiger partial charge < -0.3 is 24.8 Å². The number of fused-ring (bicyclic) bond motifs is 1. The van der Waals surface area contributed by atoms with Crippen molar-refractivity contribution in [3.8, 4) is 5.75 Å². The summed E-state index contributed by atoms with van der Waals surface area (Å²) in [5.41, 5.74) is 2.41. The molecule has 1 aromatic heterocycles. The van der Waals surface area contributed by atoms with Crippen LogP contribution < -0.4 is 10.1 Å². The van der Waals surface area contributed by atoms with E-state index in [9.17, 15) is 4.79 Å². The van der Waals surface area contributed by atoms with E-state index >= 15 is 0 Å². The van der Waals surface area contributed by atoms with Gasteiger partial charge >= 0.3 is 0 Å². The molecule has 2 aromatic rings. The van der Waals surface area contributed by atoms with Gasteiger partial charge in [-0.3, -0.25) is 9.59 Å². The molecule has 0 radical (unpaired) electrons. The van der Waals surface area contributed by atoms with E-state index in [2.05, 4.69) is 29.4 Å². The molecular formula is C25H35N3O5. The number of hydrogen-bond donors (Lipinski definition) is 2. The fourth-order valence-corrected chi connectivity index (χ4v) is 3.35. The lowest BCUT2D eigenvalue weighted by atomic mass is 10.0. The number of amides is 1. The van der Waals surface area contributed by atoms with Crippen LogP contribution in [0.3, 0.4) is 0 Å². The minimum atomic E-state index is -0.833. The Hall–Kier alpha value is -3.13. The van der Waals surface area contributed by atoms with E-state index < -0.39 is 5.97 Å². The number of hydrogen-bond acceptors (Lipinski definition) is 6. The molecule has 1 aliphatic heterocycles. The molecule has 8 heteroatoms. The summed E-state index contributed by atoms with van der Waals surface area (Å²) in [6, 6.07) is 12.0. The van der Waals surface area contributed by atoms with Gasteiger partial charge in [-0.1, -0.05) is 19.1 Å². The summed E-state index contributed by atoms with van der Waals surface area (Å²) in [6.45, 7) is 7.21. The number of benzene rings is 1. The minimum absolute atomic E-state index is 0.198. The van der Waals surface area contributed by atoms with Crippen molar-refractivity contribution in [1.82, 2.24) is 9.88 Å². The standard InChI is InChI=1S/C23H31N3O3.C2H4O2/c1-2-14-28-16-13-26-18-20-17-21(9-7-19(20)8-10-23(26)27)29-15-5-12-25-22-6-3-4-11-24-22;1-2(3)4/h3-4,6-7,9,11,17H,2,5,8,10,12-16,18H2,1H3,(H,24,25);1H3,(H,3,4). The molecule has 0 spiro atoms. The van der Waals surface area contributed by atoms with Crippen LogP contribution in [-0.2, 0) is 27.3 Å². The van der Waals surface area contributed by atoms with E-state index in [0.29, 0.717) is 32.7 Å². The van der Waals surface area contributed by atoms with Crippen molar-refractivity contribution in [2.75, 3.05) is 38.2 Å². The number of nitrogens with zero attached hydrogens (tertiary/aromatic N) is 2. The number of carboxylic acids is 1. The monoisotopic (exact) mass is 457 g/mol. The Morgan fingerprint density at radius 3 is 2.70 bits per heavy atom. The summed E-state index contributed by atoms with van der Waals surface area (Å²) >= 11 is 0. The van der Waals surface area contributed by atoms with Crippen LogP contribution in [0.15, 0.2) is 42.6 Å². The number of carbonyl (C=O) groups excluding carboxylic acids is 1. The first-order chi connectivity index (χ1) is 16.0. The highest BCUT2D eigenvalue weighted by molar-refractivity contribution is 5.77. The summed E-state index contributed by atoms with van der Waals surface area (Å²) < 4.78 is 11.5. The molecule has 0 saturated carbocycles. The van der Waals surface area contributed by atoms with Gasteiger partial charge in [0.2, 0.25) is 5.91 Å². The van der Waals surface area contributed by atoms with Crippen molar-refractivity contribution in [3.63, 3.8) is 0 Å². The van der Waals surface area contributed by atoms with E-state index in [-0.39, 0.29) is 5.91 Å². The van der Waals surface area contributed by atoms with Gasteiger partial charge in [-0.05, 0) is 54.7 Å². The molecule has 33 heavy (non-hydrogen) atoms. The molecule has 3 rings (SSSR count). The SMILES string of the molecule is CC(=O)O.CCCOCCN1Cc2cc(OCCCNc3ccccn3)ccc2CCC1=O. The Morgan fingerprint density at radius 1 is 1.15 bits per heavy atom. The highest BCUT2D eigenvalue weighted by atomic mass is 16.5. The van der Waals surface area contributed by atoms with Gasteiger partial charge in [0.1, 0.15) is 11.6 Å². The molecule has 2 N–H and O–H groups in total. The number of aryl methyl sites for hydroxylation is 1. The summed E-state index contributed by atoms with van der Waals surface area (Å²) in [4.78, 5) is 27.6. The maximum Gasteiger partial charge on any atom is 0.300 e. The van der Waals surface area contributed by atoms with Gasteiger partial charge in [-0.15, -0.1) is 0 Å². The average molecular weight is 458 g/mol. The van der Waals surface area contributed by atoms with Crippen LogP contribution >= 0.6 is 0 Å². The highest BCUT2D eigenvalue weighted by Crippen LogP contribution is 2.24.